The molecular formula is C15H17N5. The first-order chi connectivity index (χ1) is 9.63. The molecule has 0 amide bonds. The highest BCUT2D eigenvalue weighted by atomic mass is 15.1. The van der Waals surface area contributed by atoms with Crippen molar-refractivity contribution in [3.63, 3.8) is 0 Å². The number of nitrogens with one attached hydrogen (secondary N) is 2. The van der Waals surface area contributed by atoms with Crippen LogP contribution in [-0.4, -0.2) is 16.5 Å². The Morgan fingerprint density at radius 3 is 2.65 bits per heavy atom. The first-order valence-electron chi connectivity index (χ1n) is 6.50. The van der Waals surface area contributed by atoms with Crippen molar-refractivity contribution >= 4 is 17.3 Å². The molecule has 0 aliphatic carbocycles. The molecular weight excluding hydrogens is 250 g/mol. The molecule has 0 saturated heterocycles. The number of anilines is 3. The maximum absolute atomic E-state index is 9.24. The average Bonchev–Trinajstić information content (AvgIpc) is 2.38. The molecule has 1 heterocycles. The van der Waals surface area contributed by atoms with Crippen molar-refractivity contribution in [3.05, 3.63) is 41.2 Å². The molecule has 5 heteroatoms. The van der Waals surface area contributed by atoms with E-state index in [4.69, 9.17) is 0 Å². The topological polar surface area (TPSA) is 73.6 Å². The van der Waals surface area contributed by atoms with E-state index >= 15 is 0 Å². The van der Waals surface area contributed by atoms with Gasteiger partial charge in [0, 0.05) is 12.6 Å². The molecule has 0 saturated carbocycles. The summed E-state index contributed by atoms with van der Waals surface area (Å²) in [5, 5.41) is 15.6. The minimum Gasteiger partial charge on any atom is -0.370 e. The second-order valence-corrected chi connectivity index (χ2v) is 4.45. The van der Waals surface area contributed by atoms with Gasteiger partial charge in [-0.15, -0.1) is 0 Å². The van der Waals surface area contributed by atoms with E-state index in [9.17, 15) is 5.26 Å². The van der Waals surface area contributed by atoms with Crippen LogP contribution in [0.25, 0.3) is 0 Å². The summed E-state index contributed by atoms with van der Waals surface area (Å²) < 4.78 is 0. The first-order valence-corrected chi connectivity index (χ1v) is 6.50. The average molecular weight is 267 g/mol. The molecule has 1 aromatic carbocycles. The van der Waals surface area contributed by atoms with Gasteiger partial charge in [0.15, 0.2) is 0 Å². The number of hydrogen-bond acceptors (Lipinski definition) is 5. The quantitative estimate of drug-likeness (QED) is 0.890. The number of aromatic nitrogens is 2. The van der Waals surface area contributed by atoms with E-state index in [2.05, 4.69) is 26.7 Å². The molecule has 2 aromatic rings. The molecule has 2 rings (SSSR count). The zero-order chi connectivity index (χ0) is 14.5. The Balaban J connectivity index is 2.35. The largest absolute Gasteiger partial charge is 0.370 e. The third-order valence-electron chi connectivity index (χ3n) is 2.84. The molecule has 0 atom stereocenters. The third kappa shape index (κ3) is 3.04. The lowest BCUT2D eigenvalue weighted by atomic mass is 10.1. The Labute approximate surface area is 118 Å². The van der Waals surface area contributed by atoms with Crippen molar-refractivity contribution in [3.8, 4) is 6.07 Å². The van der Waals surface area contributed by atoms with Gasteiger partial charge in [-0.05, 0) is 32.4 Å². The lowest BCUT2D eigenvalue weighted by molar-refractivity contribution is 1.04. The smallest absolute Gasteiger partial charge is 0.136 e. The van der Waals surface area contributed by atoms with Crippen molar-refractivity contribution < 1.29 is 0 Å². The second-order valence-electron chi connectivity index (χ2n) is 4.45. The fourth-order valence-corrected chi connectivity index (χ4v) is 1.96. The van der Waals surface area contributed by atoms with E-state index in [1.807, 2.05) is 45.0 Å². The van der Waals surface area contributed by atoms with Gasteiger partial charge in [0.1, 0.15) is 23.5 Å². The van der Waals surface area contributed by atoms with Crippen LogP contribution in [0.2, 0.25) is 0 Å². The summed E-state index contributed by atoms with van der Waals surface area (Å²) in [6.07, 6.45) is 0. The van der Waals surface area contributed by atoms with Gasteiger partial charge < -0.3 is 10.6 Å². The fourth-order valence-electron chi connectivity index (χ4n) is 1.96. The van der Waals surface area contributed by atoms with Gasteiger partial charge in [-0.25, -0.2) is 9.97 Å². The van der Waals surface area contributed by atoms with Crippen molar-refractivity contribution in [1.82, 2.24) is 9.97 Å². The van der Waals surface area contributed by atoms with Crippen LogP contribution in [0.15, 0.2) is 24.3 Å². The summed E-state index contributed by atoms with van der Waals surface area (Å²) in [6.45, 7) is 6.56. The van der Waals surface area contributed by atoms with Crippen LogP contribution in [0.5, 0.6) is 0 Å². The number of rotatable bonds is 4. The molecule has 0 aliphatic rings. The number of hydrogen-bond donors (Lipinski definition) is 2. The van der Waals surface area contributed by atoms with E-state index in [1.54, 1.807) is 0 Å². The Morgan fingerprint density at radius 2 is 1.95 bits per heavy atom. The van der Waals surface area contributed by atoms with Crippen molar-refractivity contribution in [2.45, 2.75) is 20.8 Å². The van der Waals surface area contributed by atoms with E-state index in [1.165, 1.54) is 0 Å². The monoisotopic (exact) mass is 267 g/mol. The Morgan fingerprint density at radius 1 is 1.20 bits per heavy atom. The molecule has 2 N–H and O–H groups in total. The van der Waals surface area contributed by atoms with Gasteiger partial charge in [-0.3, -0.25) is 0 Å². The SMILES string of the molecule is CCNc1cc(Nc2cccc(C)c2C#N)nc(C)n1. The number of nitriles is 1. The highest BCUT2D eigenvalue weighted by Gasteiger charge is 2.07. The summed E-state index contributed by atoms with van der Waals surface area (Å²) in [5.41, 5.74) is 2.33. The normalized spacial score (nSPS) is 9.90. The minimum absolute atomic E-state index is 0.633. The Kier molecular flexibility index (Phi) is 4.16. The molecule has 5 nitrogen and oxygen atoms in total. The molecule has 0 aliphatic heterocycles. The van der Waals surface area contributed by atoms with Crippen LogP contribution in [0, 0.1) is 25.2 Å². The number of aryl methyl sites for hydroxylation is 2. The van der Waals surface area contributed by atoms with E-state index in [0.29, 0.717) is 17.2 Å². The molecule has 1 aromatic heterocycles. The summed E-state index contributed by atoms with van der Waals surface area (Å²) in [5.74, 6) is 2.13. The van der Waals surface area contributed by atoms with Crippen LogP contribution < -0.4 is 10.6 Å². The van der Waals surface area contributed by atoms with Crippen LogP contribution in [0.1, 0.15) is 23.9 Å². The lowest BCUT2D eigenvalue weighted by Crippen LogP contribution is -2.04. The van der Waals surface area contributed by atoms with Crippen molar-refractivity contribution in [2.24, 2.45) is 0 Å². The molecule has 0 fully saturated rings. The van der Waals surface area contributed by atoms with Crippen molar-refractivity contribution in [2.75, 3.05) is 17.2 Å². The van der Waals surface area contributed by atoms with Gasteiger partial charge in [0.2, 0.25) is 0 Å². The summed E-state index contributed by atoms with van der Waals surface area (Å²) in [6, 6.07) is 9.75. The van der Waals surface area contributed by atoms with E-state index in [0.717, 1.165) is 23.6 Å². The maximum atomic E-state index is 9.24. The van der Waals surface area contributed by atoms with E-state index in [-0.39, 0.29) is 0 Å². The van der Waals surface area contributed by atoms with Crippen LogP contribution >= 0.6 is 0 Å². The second kappa shape index (κ2) is 6.02. The van der Waals surface area contributed by atoms with E-state index < -0.39 is 0 Å². The minimum atomic E-state index is 0.633. The third-order valence-corrected chi connectivity index (χ3v) is 2.84. The molecule has 102 valence electrons. The maximum Gasteiger partial charge on any atom is 0.136 e. The fraction of sp³-hybridized carbons (Fsp3) is 0.267. The van der Waals surface area contributed by atoms with Gasteiger partial charge in [-0.1, -0.05) is 12.1 Å². The van der Waals surface area contributed by atoms with Crippen LogP contribution in [-0.2, 0) is 0 Å². The molecule has 0 radical (unpaired) electrons. The van der Waals surface area contributed by atoms with Gasteiger partial charge >= 0.3 is 0 Å². The van der Waals surface area contributed by atoms with Gasteiger partial charge in [0.25, 0.3) is 0 Å². The van der Waals surface area contributed by atoms with Crippen molar-refractivity contribution in [1.29, 1.82) is 5.26 Å². The zero-order valence-electron chi connectivity index (χ0n) is 11.9. The highest BCUT2D eigenvalue weighted by Crippen LogP contribution is 2.23. The standard InChI is InChI=1S/C15H17N5/c1-4-17-14-8-15(19-11(3)18-14)20-13-7-5-6-10(2)12(13)9-16/h5-8H,4H2,1-3H3,(H2,17,18,19,20). The van der Waals surface area contributed by atoms with Gasteiger partial charge in [0.05, 0.1) is 11.3 Å². The molecule has 20 heavy (non-hydrogen) atoms. The highest BCUT2D eigenvalue weighted by molar-refractivity contribution is 5.67. The summed E-state index contributed by atoms with van der Waals surface area (Å²) in [7, 11) is 0. The predicted octanol–water partition coefficient (Wildman–Crippen LogP) is 3.14. The first kappa shape index (κ1) is 13.8. The lowest BCUT2D eigenvalue weighted by Gasteiger charge is -2.11. The van der Waals surface area contributed by atoms with Crippen LogP contribution in [0.4, 0.5) is 17.3 Å². The summed E-state index contributed by atoms with van der Waals surface area (Å²) in [4.78, 5) is 8.64. The molecule has 0 unspecified atom stereocenters. The molecule has 0 spiro atoms. The Hall–Kier alpha value is -2.61. The Bertz CT molecular complexity index is 658. The zero-order valence-corrected chi connectivity index (χ0v) is 11.9. The van der Waals surface area contributed by atoms with Gasteiger partial charge in [-0.2, -0.15) is 5.26 Å². The number of nitrogens with zero attached hydrogens (tertiary/aromatic N) is 3. The summed E-state index contributed by atoms with van der Waals surface area (Å²) >= 11 is 0. The van der Waals surface area contributed by atoms with Crippen LogP contribution in [0.3, 0.4) is 0 Å². The number of benzene rings is 1. The predicted molar refractivity (Wildman–Crippen MR) is 80.1 cm³/mol. The molecule has 0 bridgehead atoms.